The smallest absolute Gasteiger partial charge is 0.338 e. The van der Waals surface area contributed by atoms with E-state index in [-0.39, 0.29) is 5.97 Å². The molecular weight excluding hydrogens is 342 g/mol. The fourth-order valence-electron chi connectivity index (χ4n) is 3.28. The Morgan fingerprint density at radius 2 is 1.89 bits per heavy atom. The second-order valence-corrected chi connectivity index (χ2v) is 6.97. The number of aryl methyl sites for hydroxylation is 1. The molecule has 3 rings (SSSR count). The molecule has 1 atom stereocenters. The van der Waals surface area contributed by atoms with Gasteiger partial charge < -0.3 is 10.1 Å². The summed E-state index contributed by atoms with van der Waals surface area (Å²) in [5.41, 5.74) is 3.37. The number of rotatable bonds is 8. The standard InChI is InChI=1S/C20H27N5O2/c1-4-5-6-7-8-13-27-19(26)17-15(3)21-20-22-23-24-25(20)18(17)16-11-9-14(2)10-12-16/h9-12,18H,4-8,13H2,1-3H3,(H,21,22,24)/t18-/m1/s1. The van der Waals surface area contributed by atoms with Crippen LogP contribution < -0.4 is 5.32 Å². The third-order valence-electron chi connectivity index (χ3n) is 4.81. The molecule has 0 fully saturated rings. The molecule has 1 aliphatic heterocycles. The van der Waals surface area contributed by atoms with E-state index in [9.17, 15) is 4.79 Å². The maximum absolute atomic E-state index is 12.9. The first-order valence-electron chi connectivity index (χ1n) is 9.61. The molecule has 144 valence electrons. The van der Waals surface area contributed by atoms with Crippen LogP contribution in [0.4, 0.5) is 5.95 Å². The summed E-state index contributed by atoms with van der Waals surface area (Å²) in [7, 11) is 0. The van der Waals surface area contributed by atoms with Gasteiger partial charge in [0.2, 0.25) is 5.95 Å². The number of fused-ring (bicyclic) bond motifs is 1. The van der Waals surface area contributed by atoms with Gasteiger partial charge in [-0.2, -0.15) is 4.68 Å². The minimum Gasteiger partial charge on any atom is -0.462 e. The number of ether oxygens (including phenoxy) is 1. The molecule has 0 spiro atoms. The number of tetrazole rings is 1. The van der Waals surface area contributed by atoms with E-state index < -0.39 is 6.04 Å². The van der Waals surface area contributed by atoms with Crippen molar-refractivity contribution in [3.63, 3.8) is 0 Å². The fourth-order valence-corrected chi connectivity index (χ4v) is 3.28. The first-order chi connectivity index (χ1) is 13.1. The molecule has 0 radical (unpaired) electrons. The van der Waals surface area contributed by atoms with Gasteiger partial charge in [0, 0.05) is 5.70 Å². The SMILES string of the molecule is CCCCCCCOC(=O)C1=C(C)Nc2nnnn2[C@@H]1c1ccc(C)cc1. The molecule has 0 saturated heterocycles. The highest BCUT2D eigenvalue weighted by molar-refractivity contribution is 5.92. The molecule has 0 amide bonds. The molecule has 1 aromatic carbocycles. The number of hydrogen-bond acceptors (Lipinski definition) is 6. The van der Waals surface area contributed by atoms with Crippen molar-refractivity contribution < 1.29 is 9.53 Å². The lowest BCUT2D eigenvalue weighted by Crippen LogP contribution is -2.29. The topological polar surface area (TPSA) is 81.9 Å². The zero-order valence-corrected chi connectivity index (χ0v) is 16.2. The molecule has 0 bridgehead atoms. The van der Waals surface area contributed by atoms with Crippen LogP contribution in [0.3, 0.4) is 0 Å². The summed E-state index contributed by atoms with van der Waals surface area (Å²) in [4.78, 5) is 12.9. The van der Waals surface area contributed by atoms with E-state index in [1.54, 1.807) is 4.68 Å². The predicted molar refractivity (Wildman–Crippen MR) is 103 cm³/mol. The normalized spacial score (nSPS) is 16.0. The Kier molecular flexibility index (Phi) is 6.21. The van der Waals surface area contributed by atoms with Crippen LogP contribution in [0.25, 0.3) is 0 Å². The number of carbonyl (C=O) groups is 1. The first-order valence-corrected chi connectivity index (χ1v) is 9.61. The lowest BCUT2D eigenvalue weighted by Gasteiger charge is -2.27. The van der Waals surface area contributed by atoms with E-state index in [1.165, 1.54) is 19.3 Å². The summed E-state index contributed by atoms with van der Waals surface area (Å²) in [6.45, 7) is 6.51. The number of aromatic nitrogens is 4. The van der Waals surface area contributed by atoms with Gasteiger partial charge in [-0.25, -0.2) is 4.79 Å². The molecule has 1 aromatic heterocycles. The average Bonchev–Trinajstić information content (AvgIpc) is 3.12. The fraction of sp³-hybridized carbons (Fsp3) is 0.500. The van der Waals surface area contributed by atoms with Gasteiger partial charge in [-0.3, -0.25) is 0 Å². The second kappa shape index (κ2) is 8.79. The van der Waals surface area contributed by atoms with Crippen LogP contribution in [0.15, 0.2) is 35.5 Å². The third-order valence-corrected chi connectivity index (χ3v) is 4.81. The van der Waals surface area contributed by atoms with Crippen molar-refractivity contribution in [3.8, 4) is 0 Å². The molecule has 1 aliphatic rings. The highest BCUT2D eigenvalue weighted by Crippen LogP contribution is 2.34. The molecule has 0 unspecified atom stereocenters. The molecule has 1 N–H and O–H groups in total. The Morgan fingerprint density at radius 3 is 2.63 bits per heavy atom. The number of nitrogens with one attached hydrogen (secondary N) is 1. The van der Waals surface area contributed by atoms with Crippen LogP contribution in [0.2, 0.25) is 0 Å². The number of esters is 1. The van der Waals surface area contributed by atoms with Gasteiger partial charge >= 0.3 is 5.97 Å². The Morgan fingerprint density at radius 1 is 1.15 bits per heavy atom. The Hall–Kier alpha value is -2.70. The van der Waals surface area contributed by atoms with Gasteiger partial charge in [-0.05, 0) is 36.3 Å². The zero-order chi connectivity index (χ0) is 19.2. The van der Waals surface area contributed by atoms with Crippen molar-refractivity contribution in [2.24, 2.45) is 0 Å². The Bertz CT molecular complexity index is 810. The number of hydrogen-bond donors (Lipinski definition) is 1. The van der Waals surface area contributed by atoms with Crippen molar-refractivity contribution >= 4 is 11.9 Å². The molecule has 2 aromatic rings. The number of nitrogens with zero attached hydrogens (tertiary/aromatic N) is 4. The van der Waals surface area contributed by atoms with Gasteiger partial charge in [-0.15, -0.1) is 0 Å². The van der Waals surface area contributed by atoms with Crippen LogP contribution in [-0.2, 0) is 9.53 Å². The maximum atomic E-state index is 12.9. The van der Waals surface area contributed by atoms with Crippen LogP contribution in [-0.4, -0.2) is 32.8 Å². The highest BCUT2D eigenvalue weighted by Gasteiger charge is 2.34. The van der Waals surface area contributed by atoms with Crippen molar-refractivity contribution in [1.82, 2.24) is 20.2 Å². The van der Waals surface area contributed by atoms with Crippen molar-refractivity contribution in [2.75, 3.05) is 11.9 Å². The molecule has 0 aliphatic carbocycles. The minimum atomic E-state index is -0.399. The third kappa shape index (κ3) is 4.35. The van der Waals surface area contributed by atoms with Crippen LogP contribution >= 0.6 is 0 Å². The van der Waals surface area contributed by atoms with Crippen LogP contribution in [0, 0.1) is 6.92 Å². The molecule has 7 nitrogen and oxygen atoms in total. The Labute approximate surface area is 159 Å². The molecule has 27 heavy (non-hydrogen) atoms. The van der Waals surface area contributed by atoms with E-state index in [4.69, 9.17) is 4.74 Å². The molecule has 2 heterocycles. The first kappa shape index (κ1) is 19.1. The largest absolute Gasteiger partial charge is 0.462 e. The number of anilines is 1. The van der Waals surface area contributed by atoms with E-state index in [0.717, 1.165) is 29.7 Å². The van der Waals surface area contributed by atoms with Crippen LogP contribution in [0.1, 0.15) is 63.1 Å². The van der Waals surface area contributed by atoms with E-state index >= 15 is 0 Å². The second-order valence-electron chi connectivity index (χ2n) is 6.97. The number of carbonyl (C=O) groups excluding carboxylic acids is 1. The van der Waals surface area contributed by atoms with Gasteiger partial charge in [-0.1, -0.05) is 67.5 Å². The summed E-state index contributed by atoms with van der Waals surface area (Å²) in [5.74, 6) is 0.205. The molecule has 0 saturated carbocycles. The quantitative estimate of drug-likeness (QED) is 0.563. The number of unbranched alkanes of at least 4 members (excludes halogenated alkanes) is 4. The minimum absolute atomic E-state index is 0.317. The molecular formula is C20H27N5O2. The van der Waals surface area contributed by atoms with Crippen molar-refractivity contribution in [2.45, 2.75) is 58.9 Å². The lowest BCUT2D eigenvalue weighted by molar-refractivity contribution is -0.139. The van der Waals surface area contributed by atoms with Crippen molar-refractivity contribution in [3.05, 3.63) is 46.7 Å². The predicted octanol–water partition coefficient (Wildman–Crippen LogP) is 3.78. The lowest BCUT2D eigenvalue weighted by atomic mass is 9.95. The maximum Gasteiger partial charge on any atom is 0.338 e. The summed E-state index contributed by atoms with van der Waals surface area (Å²) in [6.07, 6.45) is 5.56. The zero-order valence-electron chi connectivity index (χ0n) is 16.2. The summed E-state index contributed by atoms with van der Waals surface area (Å²) in [6, 6.07) is 7.65. The van der Waals surface area contributed by atoms with Crippen molar-refractivity contribution in [1.29, 1.82) is 0 Å². The van der Waals surface area contributed by atoms with Gasteiger partial charge in [0.1, 0.15) is 6.04 Å². The number of benzene rings is 1. The summed E-state index contributed by atoms with van der Waals surface area (Å²) >= 11 is 0. The van der Waals surface area contributed by atoms with Gasteiger partial charge in [0.05, 0.1) is 12.2 Å². The van der Waals surface area contributed by atoms with Gasteiger partial charge in [0.25, 0.3) is 0 Å². The Balaban J connectivity index is 1.78. The van der Waals surface area contributed by atoms with E-state index in [0.29, 0.717) is 18.1 Å². The van der Waals surface area contributed by atoms with Crippen LogP contribution in [0.5, 0.6) is 0 Å². The monoisotopic (exact) mass is 369 g/mol. The van der Waals surface area contributed by atoms with Gasteiger partial charge in [0.15, 0.2) is 0 Å². The number of allylic oxidation sites excluding steroid dienone is 1. The summed E-state index contributed by atoms with van der Waals surface area (Å²) < 4.78 is 7.21. The highest BCUT2D eigenvalue weighted by atomic mass is 16.5. The summed E-state index contributed by atoms with van der Waals surface area (Å²) in [5, 5.41) is 14.9. The molecule has 7 heteroatoms. The van der Waals surface area contributed by atoms with E-state index in [1.807, 2.05) is 38.1 Å². The van der Waals surface area contributed by atoms with E-state index in [2.05, 4.69) is 27.8 Å². The average molecular weight is 369 g/mol.